The van der Waals surface area contributed by atoms with Crippen LogP contribution in [0.3, 0.4) is 0 Å². The highest BCUT2D eigenvalue weighted by molar-refractivity contribution is 6.10. The Morgan fingerprint density at radius 1 is 1.03 bits per heavy atom. The van der Waals surface area contributed by atoms with Crippen LogP contribution in [0.25, 0.3) is 33.4 Å². The van der Waals surface area contributed by atoms with Crippen molar-refractivity contribution < 1.29 is 33.3 Å². The summed E-state index contributed by atoms with van der Waals surface area (Å²) in [6.07, 6.45) is 1.29. The number of aromatic nitrogens is 2. The largest absolute Gasteiger partial charge is 0.506 e. The highest BCUT2D eigenvalue weighted by Crippen LogP contribution is 2.38. The van der Waals surface area contributed by atoms with Crippen molar-refractivity contribution in [3.05, 3.63) is 71.9 Å². The van der Waals surface area contributed by atoms with Gasteiger partial charge in [-0.1, -0.05) is 12.1 Å². The van der Waals surface area contributed by atoms with Gasteiger partial charge in [0.05, 0.1) is 23.5 Å². The van der Waals surface area contributed by atoms with E-state index in [1.807, 2.05) is 13.8 Å². The number of phenolic OH excluding ortho intramolecular Hbond substituents is 1. The van der Waals surface area contributed by atoms with Crippen LogP contribution >= 0.6 is 0 Å². The van der Waals surface area contributed by atoms with Gasteiger partial charge in [0.1, 0.15) is 29.1 Å². The number of rotatable bonds is 7. The molecular weight excluding hydrogens is 472 g/mol. The number of carbonyl (C=O) groups is 2. The van der Waals surface area contributed by atoms with Gasteiger partial charge < -0.3 is 20.3 Å². The molecular formula is C26H21F2N3O5. The number of aromatic hydroxyl groups is 1. The number of hydrogen-bond donors (Lipinski definition) is 3. The fraction of sp³-hybridized carbons (Fsp3) is 0.154. The van der Waals surface area contributed by atoms with Crippen molar-refractivity contribution in [2.24, 2.45) is 0 Å². The van der Waals surface area contributed by atoms with Gasteiger partial charge in [0.25, 0.3) is 5.91 Å². The SMILES string of the molecule is CC(C)Oc1ccc(-c2cc3ncc(-c4ccc(F)c(F)c4)nc3c(C(=O)NCC(=O)O)c2O)cc1. The molecule has 0 unspecified atom stereocenters. The summed E-state index contributed by atoms with van der Waals surface area (Å²) < 4.78 is 32.8. The Hall–Kier alpha value is -4.60. The predicted molar refractivity (Wildman–Crippen MR) is 128 cm³/mol. The lowest BCUT2D eigenvalue weighted by Gasteiger charge is -2.15. The second-order valence-corrected chi connectivity index (χ2v) is 8.17. The minimum Gasteiger partial charge on any atom is -0.506 e. The second kappa shape index (κ2) is 9.95. The maximum atomic E-state index is 13.8. The number of carboxylic acid groups (broad SMARTS) is 1. The number of nitrogens with zero attached hydrogens (tertiary/aromatic N) is 2. The van der Waals surface area contributed by atoms with Gasteiger partial charge in [-0.15, -0.1) is 0 Å². The Labute approximate surface area is 204 Å². The molecule has 184 valence electrons. The fourth-order valence-corrected chi connectivity index (χ4v) is 3.60. The third kappa shape index (κ3) is 5.07. The summed E-state index contributed by atoms with van der Waals surface area (Å²) in [7, 11) is 0. The Balaban J connectivity index is 1.88. The molecule has 0 atom stereocenters. The van der Waals surface area contributed by atoms with E-state index in [0.717, 1.165) is 12.1 Å². The van der Waals surface area contributed by atoms with Crippen molar-refractivity contribution in [2.75, 3.05) is 6.54 Å². The van der Waals surface area contributed by atoms with Gasteiger partial charge >= 0.3 is 5.97 Å². The number of carboxylic acids is 1. The summed E-state index contributed by atoms with van der Waals surface area (Å²) in [6.45, 7) is 3.08. The molecule has 0 aliphatic carbocycles. The van der Waals surface area contributed by atoms with Crippen LogP contribution < -0.4 is 10.1 Å². The van der Waals surface area contributed by atoms with Crippen molar-refractivity contribution in [3.63, 3.8) is 0 Å². The number of phenols is 1. The fourth-order valence-electron chi connectivity index (χ4n) is 3.60. The molecule has 0 fully saturated rings. The number of fused-ring (bicyclic) bond motifs is 1. The van der Waals surface area contributed by atoms with E-state index in [9.17, 15) is 23.5 Å². The molecule has 36 heavy (non-hydrogen) atoms. The Morgan fingerprint density at radius 2 is 1.72 bits per heavy atom. The zero-order chi connectivity index (χ0) is 26.0. The summed E-state index contributed by atoms with van der Waals surface area (Å²) in [5, 5.41) is 22.3. The number of amides is 1. The van der Waals surface area contributed by atoms with Crippen LogP contribution in [0.1, 0.15) is 24.2 Å². The molecule has 4 rings (SSSR count). The van der Waals surface area contributed by atoms with Crippen molar-refractivity contribution in [1.29, 1.82) is 0 Å². The number of ether oxygens (including phenoxy) is 1. The van der Waals surface area contributed by atoms with Gasteiger partial charge in [0.15, 0.2) is 11.6 Å². The standard InChI is InChI=1S/C26H21F2N3O5/c1-13(2)36-16-6-3-14(4-7-16)17-10-20-24(23(25(17)34)26(35)30-12-22(32)33)31-21(11-29-20)15-5-8-18(27)19(28)9-15/h3-11,13,34H,12H2,1-2H3,(H,30,35)(H,32,33). The van der Waals surface area contributed by atoms with Crippen LogP contribution in [0.2, 0.25) is 0 Å². The monoisotopic (exact) mass is 493 g/mol. The van der Waals surface area contributed by atoms with Crippen LogP contribution in [-0.4, -0.2) is 44.7 Å². The van der Waals surface area contributed by atoms with E-state index in [1.54, 1.807) is 24.3 Å². The lowest BCUT2D eigenvalue weighted by atomic mass is 9.98. The van der Waals surface area contributed by atoms with Crippen molar-refractivity contribution in [1.82, 2.24) is 15.3 Å². The summed E-state index contributed by atoms with van der Waals surface area (Å²) in [6, 6.07) is 11.5. The normalized spacial score (nSPS) is 11.0. The lowest BCUT2D eigenvalue weighted by molar-refractivity contribution is -0.135. The van der Waals surface area contributed by atoms with Crippen molar-refractivity contribution >= 4 is 22.9 Å². The van der Waals surface area contributed by atoms with E-state index in [4.69, 9.17) is 9.84 Å². The Kier molecular flexibility index (Phi) is 6.77. The smallest absolute Gasteiger partial charge is 0.322 e. The van der Waals surface area contributed by atoms with E-state index in [0.29, 0.717) is 11.3 Å². The first-order valence-corrected chi connectivity index (χ1v) is 10.9. The summed E-state index contributed by atoms with van der Waals surface area (Å²) in [5.41, 5.74) is 1.00. The first kappa shape index (κ1) is 24.5. The molecule has 0 aliphatic rings. The van der Waals surface area contributed by atoms with E-state index in [2.05, 4.69) is 15.3 Å². The zero-order valence-corrected chi connectivity index (χ0v) is 19.3. The number of nitrogens with one attached hydrogen (secondary N) is 1. The third-order valence-corrected chi connectivity index (χ3v) is 5.19. The first-order chi connectivity index (χ1) is 17.1. The summed E-state index contributed by atoms with van der Waals surface area (Å²) in [5.74, 6) is -4.12. The van der Waals surface area contributed by atoms with E-state index in [-0.39, 0.29) is 39.5 Å². The zero-order valence-electron chi connectivity index (χ0n) is 19.3. The molecule has 1 aromatic heterocycles. The lowest BCUT2D eigenvalue weighted by Crippen LogP contribution is -2.29. The number of benzene rings is 3. The maximum absolute atomic E-state index is 13.8. The molecule has 0 saturated heterocycles. The maximum Gasteiger partial charge on any atom is 0.322 e. The molecule has 0 saturated carbocycles. The number of hydrogen-bond acceptors (Lipinski definition) is 6. The molecule has 0 aliphatic heterocycles. The molecule has 0 bridgehead atoms. The van der Waals surface area contributed by atoms with Gasteiger partial charge in [0, 0.05) is 11.1 Å². The number of aliphatic carboxylic acids is 1. The summed E-state index contributed by atoms with van der Waals surface area (Å²) in [4.78, 5) is 32.6. The number of halogens is 2. The average Bonchev–Trinajstić information content (AvgIpc) is 2.84. The minimum atomic E-state index is -1.28. The Bertz CT molecular complexity index is 1470. The van der Waals surface area contributed by atoms with Crippen LogP contribution in [0.15, 0.2) is 54.7 Å². The van der Waals surface area contributed by atoms with Gasteiger partial charge in [0.2, 0.25) is 0 Å². The minimum absolute atomic E-state index is 0.0338. The molecule has 0 spiro atoms. The van der Waals surface area contributed by atoms with Crippen molar-refractivity contribution in [3.8, 4) is 33.9 Å². The third-order valence-electron chi connectivity index (χ3n) is 5.19. The number of carbonyl (C=O) groups excluding carboxylic acids is 1. The molecule has 3 aromatic carbocycles. The molecule has 3 N–H and O–H groups in total. The van der Waals surface area contributed by atoms with E-state index in [1.165, 1.54) is 18.3 Å². The average molecular weight is 493 g/mol. The first-order valence-electron chi connectivity index (χ1n) is 10.9. The highest BCUT2D eigenvalue weighted by atomic mass is 19.2. The van der Waals surface area contributed by atoms with Crippen LogP contribution in [0.4, 0.5) is 8.78 Å². The predicted octanol–water partition coefficient (Wildman–Crippen LogP) is 4.55. The second-order valence-electron chi connectivity index (χ2n) is 8.17. The van der Waals surface area contributed by atoms with Gasteiger partial charge in [-0.25, -0.2) is 13.8 Å². The molecule has 4 aromatic rings. The molecule has 8 nitrogen and oxygen atoms in total. The van der Waals surface area contributed by atoms with Gasteiger partial charge in [-0.2, -0.15) is 0 Å². The van der Waals surface area contributed by atoms with Crippen LogP contribution in [0, 0.1) is 11.6 Å². The van der Waals surface area contributed by atoms with E-state index < -0.39 is 35.8 Å². The highest BCUT2D eigenvalue weighted by Gasteiger charge is 2.23. The van der Waals surface area contributed by atoms with Crippen molar-refractivity contribution in [2.45, 2.75) is 20.0 Å². The summed E-state index contributed by atoms with van der Waals surface area (Å²) >= 11 is 0. The van der Waals surface area contributed by atoms with Crippen LogP contribution in [-0.2, 0) is 4.79 Å². The van der Waals surface area contributed by atoms with Crippen LogP contribution in [0.5, 0.6) is 11.5 Å². The van der Waals surface area contributed by atoms with E-state index >= 15 is 0 Å². The molecule has 10 heteroatoms. The Morgan fingerprint density at radius 3 is 2.36 bits per heavy atom. The van der Waals surface area contributed by atoms with Gasteiger partial charge in [-0.3, -0.25) is 14.6 Å². The topological polar surface area (TPSA) is 122 Å². The molecule has 1 amide bonds. The molecule has 1 heterocycles. The van der Waals surface area contributed by atoms with Gasteiger partial charge in [-0.05, 0) is 55.8 Å². The molecule has 0 radical (unpaired) electrons. The quantitative estimate of drug-likeness (QED) is 0.345.